The summed E-state index contributed by atoms with van der Waals surface area (Å²) < 4.78 is 0. The van der Waals surface area contributed by atoms with E-state index in [1.807, 2.05) is 13.0 Å². The number of allylic oxidation sites excluding steroid dienone is 3. The van der Waals surface area contributed by atoms with Gasteiger partial charge in [-0.15, -0.1) is 0 Å². The zero-order valence-electron chi connectivity index (χ0n) is 6.02. The van der Waals surface area contributed by atoms with Gasteiger partial charge in [-0.1, -0.05) is 37.3 Å². The molecular weight excluding hydrogens is 132 g/mol. The molecule has 1 unspecified atom stereocenters. The molecule has 0 aliphatic heterocycles. The van der Waals surface area contributed by atoms with Crippen molar-refractivity contribution in [3.8, 4) is 0 Å². The number of halogens is 1. The second-order valence-corrected chi connectivity index (χ2v) is 2.47. The maximum absolute atomic E-state index is 5.68. The van der Waals surface area contributed by atoms with Gasteiger partial charge < -0.3 is 0 Å². The Bertz CT molecular complexity index is 114. The van der Waals surface area contributed by atoms with E-state index in [2.05, 4.69) is 19.6 Å². The number of hydrogen-bond acceptors (Lipinski definition) is 0. The third kappa shape index (κ3) is 3.36. The fourth-order valence-corrected chi connectivity index (χ4v) is 0.921. The first-order valence-electron chi connectivity index (χ1n) is 3.19. The fourth-order valence-electron chi connectivity index (χ4n) is 0.694. The molecule has 0 fully saturated rings. The molecule has 0 aliphatic rings. The SMILES string of the molecule is C=C(Cl)C(/C=C\C)CC. The second kappa shape index (κ2) is 4.63. The summed E-state index contributed by atoms with van der Waals surface area (Å²) in [5.41, 5.74) is 0. The van der Waals surface area contributed by atoms with Crippen molar-refractivity contribution in [3.05, 3.63) is 23.8 Å². The molecule has 0 nitrogen and oxygen atoms in total. The van der Waals surface area contributed by atoms with Gasteiger partial charge in [0.15, 0.2) is 0 Å². The van der Waals surface area contributed by atoms with Gasteiger partial charge >= 0.3 is 0 Å². The van der Waals surface area contributed by atoms with Crippen LogP contribution in [0.1, 0.15) is 20.3 Å². The number of hydrogen-bond donors (Lipinski definition) is 0. The third-order valence-corrected chi connectivity index (χ3v) is 1.55. The van der Waals surface area contributed by atoms with E-state index >= 15 is 0 Å². The molecule has 1 heteroatoms. The van der Waals surface area contributed by atoms with Gasteiger partial charge in [0.2, 0.25) is 0 Å². The lowest BCUT2D eigenvalue weighted by Crippen LogP contribution is -1.91. The average molecular weight is 145 g/mol. The standard InChI is InChI=1S/C8H13Cl/c1-4-6-8(5-2)7(3)9/h4,6,8H,3,5H2,1-2H3/b6-4-. The highest BCUT2D eigenvalue weighted by Gasteiger charge is 2.01. The van der Waals surface area contributed by atoms with Gasteiger partial charge in [0.1, 0.15) is 0 Å². The van der Waals surface area contributed by atoms with Crippen molar-refractivity contribution < 1.29 is 0 Å². The Hall–Kier alpha value is -0.230. The summed E-state index contributed by atoms with van der Waals surface area (Å²) >= 11 is 5.68. The topological polar surface area (TPSA) is 0 Å². The molecular formula is C8H13Cl. The Labute approximate surface area is 62.2 Å². The summed E-state index contributed by atoms with van der Waals surface area (Å²) in [6, 6.07) is 0. The summed E-state index contributed by atoms with van der Waals surface area (Å²) in [5, 5.41) is 0.732. The first-order chi connectivity index (χ1) is 4.22. The first-order valence-corrected chi connectivity index (χ1v) is 3.57. The van der Waals surface area contributed by atoms with Crippen LogP contribution >= 0.6 is 11.6 Å². The van der Waals surface area contributed by atoms with Crippen LogP contribution in [0.15, 0.2) is 23.8 Å². The van der Waals surface area contributed by atoms with Crippen LogP contribution in [-0.4, -0.2) is 0 Å². The first kappa shape index (κ1) is 8.77. The van der Waals surface area contributed by atoms with Gasteiger partial charge in [-0.3, -0.25) is 0 Å². The minimum absolute atomic E-state index is 0.358. The molecule has 0 amide bonds. The van der Waals surface area contributed by atoms with Crippen LogP contribution in [0.5, 0.6) is 0 Å². The molecule has 0 rings (SSSR count). The lowest BCUT2D eigenvalue weighted by molar-refractivity contribution is 0.761. The number of rotatable bonds is 3. The Morgan fingerprint density at radius 3 is 2.44 bits per heavy atom. The van der Waals surface area contributed by atoms with Crippen molar-refractivity contribution in [2.24, 2.45) is 5.92 Å². The Morgan fingerprint density at radius 1 is 1.78 bits per heavy atom. The van der Waals surface area contributed by atoms with Crippen LogP contribution in [0.2, 0.25) is 0 Å². The zero-order valence-corrected chi connectivity index (χ0v) is 6.78. The van der Waals surface area contributed by atoms with E-state index in [0.29, 0.717) is 5.92 Å². The van der Waals surface area contributed by atoms with Crippen LogP contribution in [0, 0.1) is 5.92 Å². The van der Waals surface area contributed by atoms with Crippen molar-refractivity contribution >= 4 is 11.6 Å². The van der Waals surface area contributed by atoms with E-state index in [9.17, 15) is 0 Å². The minimum atomic E-state index is 0.358. The van der Waals surface area contributed by atoms with Gasteiger partial charge in [0.25, 0.3) is 0 Å². The summed E-state index contributed by atoms with van der Waals surface area (Å²) in [7, 11) is 0. The molecule has 52 valence electrons. The van der Waals surface area contributed by atoms with E-state index in [0.717, 1.165) is 11.5 Å². The molecule has 1 atom stereocenters. The highest BCUT2D eigenvalue weighted by atomic mass is 35.5. The maximum atomic E-state index is 5.68. The van der Waals surface area contributed by atoms with E-state index in [1.54, 1.807) is 0 Å². The summed E-state index contributed by atoms with van der Waals surface area (Å²) in [5.74, 6) is 0.358. The Balaban J connectivity index is 3.83. The molecule has 0 aromatic rings. The largest absolute Gasteiger partial charge is 0.0910 e. The van der Waals surface area contributed by atoms with Gasteiger partial charge in [-0.25, -0.2) is 0 Å². The van der Waals surface area contributed by atoms with Crippen LogP contribution in [0.4, 0.5) is 0 Å². The van der Waals surface area contributed by atoms with Crippen molar-refractivity contribution in [3.63, 3.8) is 0 Å². The zero-order chi connectivity index (χ0) is 7.28. The lowest BCUT2D eigenvalue weighted by atomic mass is 10.1. The molecule has 0 radical (unpaired) electrons. The van der Waals surface area contributed by atoms with E-state index in [4.69, 9.17) is 11.6 Å². The molecule has 9 heavy (non-hydrogen) atoms. The van der Waals surface area contributed by atoms with Gasteiger partial charge in [-0.2, -0.15) is 0 Å². The summed E-state index contributed by atoms with van der Waals surface area (Å²) in [6.07, 6.45) is 5.10. The van der Waals surface area contributed by atoms with Crippen molar-refractivity contribution in [2.75, 3.05) is 0 Å². The molecule has 0 saturated heterocycles. The van der Waals surface area contributed by atoms with Gasteiger partial charge in [0, 0.05) is 11.0 Å². The Morgan fingerprint density at radius 2 is 2.33 bits per heavy atom. The van der Waals surface area contributed by atoms with Crippen molar-refractivity contribution in [1.82, 2.24) is 0 Å². The summed E-state index contributed by atoms with van der Waals surface area (Å²) in [4.78, 5) is 0. The van der Waals surface area contributed by atoms with Crippen LogP contribution < -0.4 is 0 Å². The molecule has 0 aromatic heterocycles. The van der Waals surface area contributed by atoms with E-state index in [-0.39, 0.29) is 0 Å². The molecule has 0 bridgehead atoms. The summed E-state index contributed by atoms with van der Waals surface area (Å²) in [6.45, 7) is 7.74. The minimum Gasteiger partial charge on any atom is -0.0910 e. The smallest absolute Gasteiger partial charge is 0.0177 e. The van der Waals surface area contributed by atoms with Crippen LogP contribution in [0.25, 0.3) is 0 Å². The predicted molar refractivity (Wildman–Crippen MR) is 43.6 cm³/mol. The second-order valence-electron chi connectivity index (χ2n) is 1.99. The molecule has 0 N–H and O–H groups in total. The monoisotopic (exact) mass is 144 g/mol. The van der Waals surface area contributed by atoms with E-state index < -0.39 is 0 Å². The highest BCUT2D eigenvalue weighted by Crippen LogP contribution is 2.17. The third-order valence-electron chi connectivity index (χ3n) is 1.27. The molecule has 0 heterocycles. The van der Waals surface area contributed by atoms with Crippen molar-refractivity contribution in [1.29, 1.82) is 0 Å². The maximum Gasteiger partial charge on any atom is 0.0177 e. The van der Waals surface area contributed by atoms with Gasteiger partial charge in [-0.05, 0) is 13.3 Å². The molecule has 0 aromatic carbocycles. The average Bonchev–Trinajstić information content (AvgIpc) is 1.82. The van der Waals surface area contributed by atoms with Crippen LogP contribution in [-0.2, 0) is 0 Å². The van der Waals surface area contributed by atoms with Crippen LogP contribution in [0.3, 0.4) is 0 Å². The molecule has 0 saturated carbocycles. The van der Waals surface area contributed by atoms with Gasteiger partial charge in [0.05, 0.1) is 0 Å². The normalized spacial score (nSPS) is 14.1. The fraction of sp³-hybridized carbons (Fsp3) is 0.500. The van der Waals surface area contributed by atoms with Crippen molar-refractivity contribution in [2.45, 2.75) is 20.3 Å². The molecule has 0 spiro atoms. The highest BCUT2D eigenvalue weighted by molar-refractivity contribution is 6.29. The lowest BCUT2D eigenvalue weighted by Gasteiger charge is -2.04. The quantitative estimate of drug-likeness (QED) is 0.533. The Kier molecular flexibility index (Phi) is 4.51. The molecule has 0 aliphatic carbocycles. The van der Waals surface area contributed by atoms with E-state index in [1.165, 1.54) is 0 Å². The predicted octanol–water partition coefficient (Wildman–Crippen LogP) is 3.34.